The van der Waals surface area contributed by atoms with Crippen LogP contribution in [0.5, 0.6) is 0 Å². The summed E-state index contributed by atoms with van der Waals surface area (Å²) in [5.74, 6) is -1.75. The summed E-state index contributed by atoms with van der Waals surface area (Å²) in [6.07, 6.45) is -1.21. The Morgan fingerprint density at radius 3 is 2.33 bits per heavy atom. The van der Waals surface area contributed by atoms with Crippen LogP contribution in [0.2, 0.25) is 0 Å². The molecule has 4 rings (SSSR count). The highest BCUT2D eigenvalue weighted by Gasteiger charge is 2.43. The molecule has 0 aromatic heterocycles. The number of rotatable bonds is 7. The van der Waals surface area contributed by atoms with Gasteiger partial charge in [0.15, 0.2) is 0 Å². The Bertz CT molecular complexity index is 1250. The Labute approximate surface area is 206 Å². The van der Waals surface area contributed by atoms with Crippen molar-refractivity contribution < 1.29 is 32.6 Å². The van der Waals surface area contributed by atoms with Crippen LogP contribution in [-0.2, 0) is 10.3 Å². The van der Waals surface area contributed by atoms with Crippen molar-refractivity contribution in [1.29, 1.82) is 0 Å². The van der Waals surface area contributed by atoms with Crippen molar-refractivity contribution >= 4 is 12.2 Å². The van der Waals surface area contributed by atoms with E-state index >= 15 is 0 Å². The summed E-state index contributed by atoms with van der Waals surface area (Å²) in [6.45, 7) is 2.21. The average Bonchev–Trinajstić information content (AvgIpc) is 2.84. The molecule has 2 atom stereocenters. The van der Waals surface area contributed by atoms with Crippen molar-refractivity contribution in [3.8, 4) is 11.1 Å². The average molecular weight is 499 g/mol. The molecule has 2 N–H and O–H groups in total. The van der Waals surface area contributed by atoms with Crippen LogP contribution in [0.1, 0.15) is 36.9 Å². The van der Waals surface area contributed by atoms with Crippen molar-refractivity contribution in [3.63, 3.8) is 0 Å². The van der Waals surface area contributed by atoms with Gasteiger partial charge in [-0.15, -0.1) is 0 Å². The summed E-state index contributed by atoms with van der Waals surface area (Å²) in [6, 6.07) is 15.6. The molecule has 3 aromatic carbocycles. The lowest BCUT2D eigenvalue weighted by atomic mass is 9.85. The van der Waals surface area contributed by atoms with Crippen LogP contribution < -0.4 is 5.32 Å². The van der Waals surface area contributed by atoms with Gasteiger partial charge >= 0.3 is 12.2 Å². The quantitative estimate of drug-likeness (QED) is 0.405. The van der Waals surface area contributed by atoms with E-state index in [1.807, 2.05) is 6.92 Å². The molecule has 1 heterocycles. The van der Waals surface area contributed by atoms with E-state index in [2.05, 4.69) is 5.32 Å². The zero-order valence-electron chi connectivity index (χ0n) is 19.5. The summed E-state index contributed by atoms with van der Waals surface area (Å²) in [5, 5.41) is 11.2. The van der Waals surface area contributed by atoms with Gasteiger partial charge in [-0.1, -0.05) is 36.4 Å². The van der Waals surface area contributed by atoms with E-state index in [1.165, 1.54) is 36.4 Å². The van der Waals surface area contributed by atoms with Crippen molar-refractivity contribution in [2.45, 2.75) is 31.4 Å². The number of nitrogens with one attached hydrogen (secondary N) is 1. The van der Waals surface area contributed by atoms with E-state index in [-0.39, 0.29) is 24.6 Å². The summed E-state index contributed by atoms with van der Waals surface area (Å²) in [7, 11) is 0. The zero-order chi connectivity index (χ0) is 25.9. The Kier molecular flexibility index (Phi) is 7.19. The molecule has 36 heavy (non-hydrogen) atoms. The maximum absolute atomic E-state index is 14.1. The molecule has 0 spiro atoms. The zero-order valence-corrected chi connectivity index (χ0v) is 19.5. The van der Waals surface area contributed by atoms with Gasteiger partial charge in [-0.3, -0.25) is 0 Å². The summed E-state index contributed by atoms with van der Waals surface area (Å²) in [5.41, 5.74) is 1.12. The number of hydrogen-bond donors (Lipinski definition) is 2. The van der Waals surface area contributed by atoms with E-state index in [1.54, 1.807) is 29.2 Å². The summed E-state index contributed by atoms with van der Waals surface area (Å²) < 4.78 is 46.8. The highest BCUT2D eigenvalue weighted by molar-refractivity contribution is 5.71. The Balaban J connectivity index is 1.51. The lowest BCUT2D eigenvalue weighted by molar-refractivity contribution is -0.0648. The van der Waals surface area contributed by atoms with Crippen molar-refractivity contribution in [2.75, 3.05) is 13.1 Å². The molecule has 9 heteroatoms. The molecule has 0 bridgehead atoms. The minimum absolute atomic E-state index is 0.0525. The predicted octanol–water partition coefficient (Wildman–Crippen LogP) is 6.23. The van der Waals surface area contributed by atoms with Crippen LogP contribution >= 0.6 is 0 Å². The minimum Gasteiger partial charge on any atom is -0.465 e. The van der Waals surface area contributed by atoms with Crippen LogP contribution in [0, 0.1) is 17.5 Å². The molecule has 1 aliphatic heterocycles. The Morgan fingerprint density at radius 1 is 1.06 bits per heavy atom. The van der Waals surface area contributed by atoms with E-state index in [9.17, 15) is 22.8 Å². The van der Waals surface area contributed by atoms with Crippen LogP contribution in [0.4, 0.5) is 22.8 Å². The van der Waals surface area contributed by atoms with Gasteiger partial charge in [0.2, 0.25) is 0 Å². The van der Waals surface area contributed by atoms with Gasteiger partial charge in [0.1, 0.15) is 23.1 Å². The largest absolute Gasteiger partial charge is 0.465 e. The number of carbonyl (C=O) groups excluding carboxylic acids is 1. The summed E-state index contributed by atoms with van der Waals surface area (Å²) in [4.78, 5) is 25.6. The normalized spacial score (nSPS) is 18.4. The molecule has 0 radical (unpaired) electrons. The topological polar surface area (TPSA) is 78.9 Å². The number of hydrogen-bond acceptors (Lipinski definition) is 3. The molecule has 1 aliphatic rings. The molecule has 6 nitrogen and oxygen atoms in total. The number of nitrogens with zero attached hydrogens (tertiary/aromatic N) is 1. The molecule has 0 aliphatic carbocycles. The first kappa shape index (κ1) is 25.1. The second kappa shape index (κ2) is 10.3. The second-order valence-corrected chi connectivity index (χ2v) is 8.72. The number of amides is 2. The molecular weight excluding hydrogens is 473 g/mol. The van der Waals surface area contributed by atoms with Crippen LogP contribution in [-0.4, -0.2) is 35.3 Å². The van der Waals surface area contributed by atoms with Crippen LogP contribution in [0.15, 0.2) is 66.7 Å². The maximum Gasteiger partial charge on any atom is 0.411 e. The van der Waals surface area contributed by atoms with Crippen molar-refractivity contribution in [3.05, 3.63) is 95.3 Å². The number of ether oxygens (including phenoxy) is 1. The molecule has 188 valence electrons. The predicted molar refractivity (Wildman–Crippen MR) is 127 cm³/mol. The van der Waals surface area contributed by atoms with Gasteiger partial charge < -0.3 is 20.1 Å². The van der Waals surface area contributed by atoms with Gasteiger partial charge in [0, 0.05) is 37.6 Å². The summed E-state index contributed by atoms with van der Waals surface area (Å²) >= 11 is 0. The number of carbonyl (C=O) groups is 2. The first-order chi connectivity index (χ1) is 17.2. The fourth-order valence-corrected chi connectivity index (χ4v) is 4.51. The molecule has 1 saturated heterocycles. The number of cyclic esters (lactones) is 1. The molecule has 2 amide bonds. The monoisotopic (exact) mass is 498 g/mol. The highest BCUT2D eigenvalue weighted by atomic mass is 19.1. The first-order valence-electron chi connectivity index (χ1n) is 11.5. The molecule has 3 aromatic rings. The van der Waals surface area contributed by atoms with E-state index < -0.39 is 35.2 Å². The second-order valence-electron chi connectivity index (χ2n) is 8.72. The van der Waals surface area contributed by atoms with Crippen LogP contribution in [0.3, 0.4) is 0 Å². The van der Waals surface area contributed by atoms with E-state index in [0.29, 0.717) is 24.1 Å². The van der Waals surface area contributed by atoms with Gasteiger partial charge in [0.25, 0.3) is 0 Å². The van der Waals surface area contributed by atoms with Crippen molar-refractivity contribution in [2.24, 2.45) is 0 Å². The van der Waals surface area contributed by atoms with Gasteiger partial charge in [-0.05, 0) is 47.9 Å². The van der Waals surface area contributed by atoms with Crippen LogP contribution in [0.25, 0.3) is 11.1 Å². The maximum atomic E-state index is 14.1. The van der Waals surface area contributed by atoms with Gasteiger partial charge in [-0.2, -0.15) is 0 Å². The van der Waals surface area contributed by atoms with Crippen molar-refractivity contribution in [1.82, 2.24) is 10.2 Å². The molecule has 1 fully saturated rings. The number of benzene rings is 3. The third kappa shape index (κ3) is 5.30. The standard InChI is InChI=1S/C27H25F3N2O4/c1-17(18-2-4-19(5-3-18)23-11-10-22(29)16-24(23)30)32-15-13-27(36-26(32)35,12-14-31-25(33)34)20-6-8-21(28)9-7-20/h2-11,16-17,31H,12-15H2,1H3,(H,33,34)/t17-,27?/m0/s1. The molecular formula is C27H25F3N2O4. The fraction of sp³-hybridized carbons (Fsp3) is 0.259. The Morgan fingerprint density at radius 2 is 1.72 bits per heavy atom. The first-order valence-corrected chi connectivity index (χ1v) is 11.5. The number of carboxylic acid groups (broad SMARTS) is 1. The minimum atomic E-state index is -1.19. The third-order valence-electron chi connectivity index (χ3n) is 6.55. The third-order valence-corrected chi connectivity index (χ3v) is 6.55. The highest BCUT2D eigenvalue weighted by Crippen LogP contribution is 2.39. The van der Waals surface area contributed by atoms with E-state index in [0.717, 1.165) is 11.6 Å². The van der Waals surface area contributed by atoms with Gasteiger partial charge in [0.05, 0.1) is 6.04 Å². The lowest BCUT2D eigenvalue weighted by Gasteiger charge is -2.43. The van der Waals surface area contributed by atoms with E-state index in [4.69, 9.17) is 9.84 Å². The number of halogens is 3. The Hall–Kier alpha value is -4.01. The smallest absolute Gasteiger partial charge is 0.411 e. The molecule has 0 saturated carbocycles. The SMILES string of the molecule is C[C@@H](c1ccc(-c2ccc(F)cc2F)cc1)N1CCC(CCNC(=O)O)(c2ccc(F)cc2)OC1=O. The fourth-order valence-electron chi connectivity index (χ4n) is 4.51. The lowest BCUT2D eigenvalue weighted by Crippen LogP contribution is -2.49. The molecule has 1 unspecified atom stereocenters. The van der Waals surface area contributed by atoms with Gasteiger partial charge in [-0.25, -0.2) is 22.8 Å².